The summed E-state index contributed by atoms with van der Waals surface area (Å²) < 4.78 is 0. The van der Waals surface area contributed by atoms with E-state index in [1.165, 1.54) is 12.0 Å². The van der Waals surface area contributed by atoms with Crippen LogP contribution in [0, 0.1) is 6.92 Å². The minimum absolute atomic E-state index is 0. The van der Waals surface area contributed by atoms with E-state index in [-0.39, 0.29) is 18.3 Å². The Balaban J connectivity index is 0.00000220. The van der Waals surface area contributed by atoms with Crippen LogP contribution in [-0.2, 0) is 11.3 Å². The number of hydrogen-bond acceptors (Lipinski definition) is 3. The number of rotatable bonds is 5. The Morgan fingerprint density at radius 1 is 1.43 bits per heavy atom. The van der Waals surface area contributed by atoms with Gasteiger partial charge < -0.3 is 10.6 Å². The second-order valence-corrected chi connectivity index (χ2v) is 5.63. The predicted octanol–water partition coefficient (Wildman–Crippen LogP) is 1.72. The lowest BCUT2D eigenvalue weighted by atomic mass is 10.1. The molecule has 4 nitrogen and oxygen atoms in total. The van der Waals surface area contributed by atoms with Crippen LogP contribution in [-0.4, -0.2) is 43.5 Å². The van der Waals surface area contributed by atoms with Crippen molar-refractivity contribution in [1.82, 2.24) is 15.5 Å². The van der Waals surface area contributed by atoms with Crippen LogP contribution in [0.2, 0.25) is 0 Å². The number of nitrogens with zero attached hydrogens (tertiary/aromatic N) is 1. The Bertz CT molecular complexity index is 453. The molecule has 1 atom stereocenters. The molecule has 2 rings (SSSR count). The van der Waals surface area contributed by atoms with Crippen LogP contribution < -0.4 is 10.6 Å². The molecule has 0 bridgehead atoms. The molecule has 1 aromatic rings. The Hall–Kier alpha value is -1.10. The van der Waals surface area contributed by atoms with E-state index >= 15 is 0 Å². The number of carbonyl (C=O) groups excluding carboxylic acids is 1. The van der Waals surface area contributed by atoms with Crippen LogP contribution in [0.3, 0.4) is 0 Å². The van der Waals surface area contributed by atoms with Crippen LogP contribution in [0.1, 0.15) is 24.0 Å². The minimum atomic E-state index is 0. The second-order valence-electron chi connectivity index (χ2n) is 5.63. The molecule has 0 spiro atoms. The zero-order valence-corrected chi connectivity index (χ0v) is 13.7. The Morgan fingerprint density at radius 3 is 2.95 bits per heavy atom. The Morgan fingerprint density at radius 2 is 2.24 bits per heavy atom. The number of piperidine rings is 1. The first-order valence-electron chi connectivity index (χ1n) is 7.39. The highest BCUT2D eigenvalue weighted by atomic mass is 35.5. The number of nitrogens with one attached hydrogen (secondary N) is 2. The molecule has 1 saturated heterocycles. The summed E-state index contributed by atoms with van der Waals surface area (Å²) in [6.07, 6.45) is 2.37. The van der Waals surface area contributed by atoms with E-state index in [9.17, 15) is 4.79 Å². The molecule has 0 radical (unpaired) electrons. The van der Waals surface area contributed by atoms with Crippen molar-refractivity contribution < 1.29 is 4.79 Å². The third kappa shape index (κ3) is 6.04. The van der Waals surface area contributed by atoms with Crippen molar-refractivity contribution >= 4 is 18.3 Å². The first kappa shape index (κ1) is 18.0. The molecule has 1 amide bonds. The van der Waals surface area contributed by atoms with E-state index in [1.54, 1.807) is 0 Å². The van der Waals surface area contributed by atoms with Crippen molar-refractivity contribution in [3.05, 3.63) is 35.4 Å². The lowest BCUT2D eigenvalue weighted by Gasteiger charge is -2.31. The van der Waals surface area contributed by atoms with Gasteiger partial charge >= 0.3 is 0 Å². The first-order valence-corrected chi connectivity index (χ1v) is 7.39. The van der Waals surface area contributed by atoms with Crippen LogP contribution in [0.25, 0.3) is 0 Å². The molecule has 1 heterocycles. The molecule has 1 aliphatic rings. The summed E-state index contributed by atoms with van der Waals surface area (Å²) in [4.78, 5) is 14.2. The summed E-state index contributed by atoms with van der Waals surface area (Å²) in [5, 5.41) is 6.30. The van der Waals surface area contributed by atoms with Crippen molar-refractivity contribution in [2.75, 3.05) is 26.7 Å². The van der Waals surface area contributed by atoms with Crippen LogP contribution in [0.4, 0.5) is 0 Å². The minimum Gasteiger partial charge on any atom is -0.351 e. The third-order valence-electron chi connectivity index (χ3n) is 3.85. The maximum Gasteiger partial charge on any atom is 0.234 e. The zero-order valence-electron chi connectivity index (χ0n) is 12.9. The predicted molar refractivity (Wildman–Crippen MR) is 88.8 cm³/mol. The number of halogens is 1. The highest BCUT2D eigenvalue weighted by Gasteiger charge is 2.19. The maximum absolute atomic E-state index is 12.0. The summed E-state index contributed by atoms with van der Waals surface area (Å²) in [5.74, 6) is 0.114. The fourth-order valence-electron chi connectivity index (χ4n) is 2.72. The number of aryl methyl sites for hydroxylation is 1. The average molecular weight is 312 g/mol. The number of likely N-dealkylation sites (N-methyl/N-ethyl adjacent to an activating group) is 1. The van der Waals surface area contributed by atoms with Crippen LogP contribution >= 0.6 is 12.4 Å². The quantitative estimate of drug-likeness (QED) is 0.870. The Labute approximate surface area is 133 Å². The van der Waals surface area contributed by atoms with E-state index < -0.39 is 0 Å². The SMILES string of the molecule is CNC1CCCN(CC(=O)NCc2cccc(C)c2)C1.Cl. The molecule has 118 valence electrons. The Kier molecular flexibility index (Phi) is 7.72. The monoisotopic (exact) mass is 311 g/mol. The maximum atomic E-state index is 12.0. The summed E-state index contributed by atoms with van der Waals surface area (Å²) >= 11 is 0. The highest BCUT2D eigenvalue weighted by Crippen LogP contribution is 2.09. The zero-order chi connectivity index (χ0) is 14.4. The number of benzene rings is 1. The molecule has 2 N–H and O–H groups in total. The molecule has 5 heteroatoms. The van der Waals surface area contributed by atoms with Crippen molar-refractivity contribution in [2.45, 2.75) is 32.4 Å². The molecule has 21 heavy (non-hydrogen) atoms. The van der Waals surface area contributed by atoms with Gasteiger partial charge in [-0.15, -0.1) is 12.4 Å². The molecule has 0 saturated carbocycles. The molecule has 0 aliphatic carbocycles. The van der Waals surface area contributed by atoms with Gasteiger partial charge in [0.05, 0.1) is 6.54 Å². The summed E-state index contributed by atoms with van der Waals surface area (Å²) in [6, 6.07) is 8.77. The molecule has 1 aromatic carbocycles. The van der Waals surface area contributed by atoms with E-state index in [4.69, 9.17) is 0 Å². The van der Waals surface area contributed by atoms with Crippen molar-refractivity contribution in [2.24, 2.45) is 0 Å². The second kappa shape index (κ2) is 9.03. The number of hydrogen-bond donors (Lipinski definition) is 2. The third-order valence-corrected chi connectivity index (χ3v) is 3.85. The van der Waals surface area contributed by atoms with Gasteiger partial charge in [-0.25, -0.2) is 0 Å². The lowest BCUT2D eigenvalue weighted by Crippen LogP contribution is -2.47. The van der Waals surface area contributed by atoms with Crippen molar-refractivity contribution in [1.29, 1.82) is 0 Å². The van der Waals surface area contributed by atoms with E-state index in [0.29, 0.717) is 19.1 Å². The molecule has 0 aromatic heterocycles. The normalized spacial score (nSPS) is 18.9. The smallest absolute Gasteiger partial charge is 0.234 e. The summed E-state index contributed by atoms with van der Waals surface area (Å²) in [7, 11) is 1.99. The molecule has 1 fully saturated rings. The van der Waals surface area contributed by atoms with Crippen LogP contribution in [0.5, 0.6) is 0 Å². The number of likely N-dealkylation sites (tertiary alicyclic amines) is 1. The largest absolute Gasteiger partial charge is 0.351 e. The lowest BCUT2D eigenvalue weighted by molar-refractivity contribution is -0.122. The topological polar surface area (TPSA) is 44.4 Å². The number of amides is 1. The summed E-state index contributed by atoms with van der Waals surface area (Å²) in [6.45, 7) is 5.18. The van der Waals surface area contributed by atoms with E-state index in [0.717, 1.165) is 25.1 Å². The van der Waals surface area contributed by atoms with Gasteiger partial charge in [0.15, 0.2) is 0 Å². The fraction of sp³-hybridized carbons (Fsp3) is 0.562. The molecular formula is C16H26ClN3O. The van der Waals surface area contributed by atoms with Gasteiger partial charge in [-0.2, -0.15) is 0 Å². The van der Waals surface area contributed by atoms with Crippen LogP contribution in [0.15, 0.2) is 24.3 Å². The van der Waals surface area contributed by atoms with E-state index in [1.807, 2.05) is 19.2 Å². The average Bonchev–Trinajstić information content (AvgIpc) is 2.45. The van der Waals surface area contributed by atoms with Crippen molar-refractivity contribution in [3.8, 4) is 0 Å². The standard InChI is InChI=1S/C16H25N3O.ClH/c1-13-5-3-6-14(9-13)10-18-16(20)12-19-8-4-7-15(11-19)17-2;/h3,5-6,9,15,17H,4,7-8,10-12H2,1-2H3,(H,18,20);1H. The van der Waals surface area contributed by atoms with Gasteiger partial charge in [0.25, 0.3) is 0 Å². The fourth-order valence-corrected chi connectivity index (χ4v) is 2.72. The first-order chi connectivity index (χ1) is 9.67. The van der Waals surface area contributed by atoms with E-state index in [2.05, 4.69) is 34.6 Å². The molecule has 1 aliphatic heterocycles. The summed E-state index contributed by atoms with van der Waals surface area (Å²) in [5.41, 5.74) is 2.38. The van der Waals surface area contributed by atoms with Gasteiger partial charge in [0.1, 0.15) is 0 Å². The molecular weight excluding hydrogens is 286 g/mol. The van der Waals surface area contributed by atoms with Gasteiger partial charge in [-0.3, -0.25) is 9.69 Å². The van der Waals surface area contributed by atoms with Crippen molar-refractivity contribution in [3.63, 3.8) is 0 Å². The van der Waals surface area contributed by atoms with Gasteiger partial charge in [-0.05, 0) is 38.9 Å². The van der Waals surface area contributed by atoms with Gasteiger partial charge in [0.2, 0.25) is 5.91 Å². The molecule has 1 unspecified atom stereocenters. The van der Waals surface area contributed by atoms with Gasteiger partial charge in [-0.1, -0.05) is 29.8 Å². The highest BCUT2D eigenvalue weighted by molar-refractivity contribution is 5.85. The van der Waals surface area contributed by atoms with Gasteiger partial charge in [0, 0.05) is 19.1 Å². The number of carbonyl (C=O) groups is 1.